The fraction of sp³-hybridized carbons (Fsp3) is 0.909. The average Bonchev–Trinajstić information content (AvgIpc) is 2.59. The van der Waals surface area contributed by atoms with Crippen LogP contribution in [0.4, 0.5) is 0 Å². The molecule has 0 bridgehead atoms. The van der Waals surface area contributed by atoms with Crippen LogP contribution in [-0.4, -0.2) is 44.7 Å². The van der Waals surface area contributed by atoms with Crippen molar-refractivity contribution < 1.29 is 0 Å². The van der Waals surface area contributed by atoms with Crippen molar-refractivity contribution in [2.45, 2.75) is 33.7 Å². The summed E-state index contributed by atoms with van der Waals surface area (Å²) in [5.41, 5.74) is 0. The van der Waals surface area contributed by atoms with Crippen LogP contribution in [0.1, 0.15) is 26.1 Å². The van der Waals surface area contributed by atoms with E-state index in [2.05, 4.69) is 34.3 Å². The van der Waals surface area contributed by atoms with Gasteiger partial charge in [-0.2, -0.15) is 0 Å². The van der Waals surface area contributed by atoms with Gasteiger partial charge in [-0.1, -0.05) is 13.8 Å². The SMILES string of the molecule is Cc1nnnn1CCN1C[C@@H](C)C[C@H](C)C1. The molecule has 0 spiro atoms. The van der Waals surface area contributed by atoms with E-state index >= 15 is 0 Å². The van der Waals surface area contributed by atoms with E-state index in [1.54, 1.807) is 0 Å². The summed E-state index contributed by atoms with van der Waals surface area (Å²) in [7, 11) is 0. The van der Waals surface area contributed by atoms with E-state index in [0.717, 1.165) is 30.7 Å². The molecule has 1 fully saturated rings. The van der Waals surface area contributed by atoms with Crippen molar-refractivity contribution in [2.75, 3.05) is 19.6 Å². The van der Waals surface area contributed by atoms with Gasteiger partial charge in [-0.3, -0.25) is 0 Å². The quantitative estimate of drug-likeness (QED) is 0.765. The Morgan fingerprint density at radius 2 is 1.88 bits per heavy atom. The highest BCUT2D eigenvalue weighted by Gasteiger charge is 2.21. The molecule has 0 aliphatic carbocycles. The van der Waals surface area contributed by atoms with Gasteiger partial charge in [-0.15, -0.1) is 5.10 Å². The third kappa shape index (κ3) is 2.78. The molecule has 0 aromatic carbocycles. The van der Waals surface area contributed by atoms with Crippen molar-refractivity contribution in [3.8, 4) is 0 Å². The predicted molar refractivity (Wildman–Crippen MR) is 61.9 cm³/mol. The molecular formula is C11H21N5. The Kier molecular flexibility index (Phi) is 3.53. The van der Waals surface area contributed by atoms with Gasteiger partial charge in [0, 0.05) is 19.6 Å². The number of hydrogen-bond acceptors (Lipinski definition) is 4. The van der Waals surface area contributed by atoms with Crippen molar-refractivity contribution in [3.05, 3.63) is 5.82 Å². The monoisotopic (exact) mass is 223 g/mol. The van der Waals surface area contributed by atoms with E-state index in [9.17, 15) is 0 Å². The van der Waals surface area contributed by atoms with E-state index in [1.807, 2.05) is 11.6 Å². The second kappa shape index (κ2) is 4.91. The molecule has 1 aromatic rings. The summed E-state index contributed by atoms with van der Waals surface area (Å²) in [4.78, 5) is 2.53. The Morgan fingerprint density at radius 3 is 2.44 bits per heavy atom. The number of piperidine rings is 1. The van der Waals surface area contributed by atoms with Gasteiger partial charge in [0.25, 0.3) is 0 Å². The summed E-state index contributed by atoms with van der Waals surface area (Å²) in [6.45, 7) is 11.0. The zero-order valence-electron chi connectivity index (χ0n) is 10.4. The van der Waals surface area contributed by atoms with Crippen LogP contribution in [0.25, 0.3) is 0 Å². The normalized spacial score (nSPS) is 27.2. The van der Waals surface area contributed by atoms with E-state index in [4.69, 9.17) is 0 Å². The molecule has 16 heavy (non-hydrogen) atoms. The number of aromatic nitrogens is 4. The zero-order chi connectivity index (χ0) is 11.5. The maximum Gasteiger partial charge on any atom is 0.148 e. The molecule has 2 heterocycles. The van der Waals surface area contributed by atoms with Crippen LogP contribution >= 0.6 is 0 Å². The van der Waals surface area contributed by atoms with Gasteiger partial charge in [0.15, 0.2) is 0 Å². The highest BCUT2D eigenvalue weighted by atomic mass is 15.5. The zero-order valence-corrected chi connectivity index (χ0v) is 10.4. The smallest absolute Gasteiger partial charge is 0.148 e. The largest absolute Gasteiger partial charge is 0.301 e. The summed E-state index contributed by atoms with van der Waals surface area (Å²) < 4.78 is 1.88. The average molecular weight is 223 g/mol. The summed E-state index contributed by atoms with van der Waals surface area (Å²) in [5, 5.41) is 11.5. The van der Waals surface area contributed by atoms with Crippen LogP contribution < -0.4 is 0 Å². The Morgan fingerprint density at radius 1 is 1.19 bits per heavy atom. The molecule has 5 nitrogen and oxygen atoms in total. The first kappa shape index (κ1) is 11.5. The van der Waals surface area contributed by atoms with Crippen molar-refractivity contribution >= 4 is 0 Å². The number of rotatable bonds is 3. The standard InChI is InChI=1S/C11H21N5/c1-9-6-10(2)8-15(7-9)4-5-16-11(3)12-13-14-16/h9-10H,4-8H2,1-3H3/t9-,10-/m0/s1. The van der Waals surface area contributed by atoms with E-state index < -0.39 is 0 Å². The molecule has 0 unspecified atom stereocenters. The second-order valence-electron chi connectivity index (χ2n) is 5.15. The third-order valence-electron chi connectivity index (χ3n) is 3.28. The molecular weight excluding hydrogens is 202 g/mol. The summed E-state index contributed by atoms with van der Waals surface area (Å²) in [5.74, 6) is 2.54. The molecule has 1 aliphatic rings. The minimum Gasteiger partial charge on any atom is -0.301 e. The summed E-state index contributed by atoms with van der Waals surface area (Å²) in [6.07, 6.45) is 1.36. The first-order valence-corrected chi connectivity index (χ1v) is 6.10. The van der Waals surface area contributed by atoms with Crippen molar-refractivity contribution in [1.29, 1.82) is 0 Å². The van der Waals surface area contributed by atoms with Gasteiger partial charge in [0.05, 0.1) is 6.54 Å². The van der Waals surface area contributed by atoms with E-state index in [0.29, 0.717) is 0 Å². The van der Waals surface area contributed by atoms with E-state index in [-0.39, 0.29) is 0 Å². The van der Waals surface area contributed by atoms with Crippen LogP contribution in [0, 0.1) is 18.8 Å². The third-order valence-corrected chi connectivity index (χ3v) is 3.28. The summed E-state index contributed by atoms with van der Waals surface area (Å²) in [6, 6.07) is 0. The van der Waals surface area contributed by atoms with Gasteiger partial charge >= 0.3 is 0 Å². The maximum atomic E-state index is 3.97. The minimum absolute atomic E-state index is 0.818. The molecule has 1 aliphatic heterocycles. The van der Waals surface area contributed by atoms with Crippen LogP contribution in [0.2, 0.25) is 0 Å². The van der Waals surface area contributed by atoms with E-state index in [1.165, 1.54) is 19.5 Å². The topological polar surface area (TPSA) is 46.8 Å². The number of tetrazole rings is 1. The van der Waals surface area contributed by atoms with Gasteiger partial charge in [-0.05, 0) is 35.6 Å². The number of aryl methyl sites for hydroxylation is 1. The molecule has 0 N–H and O–H groups in total. The molecule has 2 rings (SSSR count). The molecule has 1 aromatic heterocycles. The lowest BCUT2D eigenvalue weighted by atomic mass is 9.92. The Hall–Kier alpha value is -0.970. The fourth-order valence-corrected chi connectivity index (χ4v) is 2.67. The Bertz CT molecular complexity index is 325. The van der Waals surface area contributed by atoms with Crippen molar-refractivity contribution in [1.82, 2.24) is 25.1 Å². The van der Waals surface area contributed by atoms with Crippen LogP contribution in [0.3, 0.4) is 0 Å². The Labute approximate surface area is 96.8 Å². The van der Waals surface area contributed by atoms with Gasteiger partial charge in [-0.25, -0.2) is 4.68 Å². The highest BCUT2D eigenvalue weighted by Crippen LogP contribution is 2.20. The molecule has 0 amide bonds. The van der Waals surface area contributed by atoms with Gasteiger partial charge < -0.3 is 4.90 Å². The molecule has 5 heteroatoms. The molecule has 1 saturated heterocycles. The lowest BCUT2D eigenvalue weighted by Gasteiger charge is -2.34. The van der Waals surface area contributed by atoms with Gasteiger partial charge in [0.1, 0.15) is 5.82 Å². The van der Waals surface area contributed by atoms with Crippen LogP contribution in [0.5, 0.6) is 0 Å². The fourth-order valence-electron chi connectivity index (χ4n) is 2.67. The van der Waals surface area contributed by atoms with Gasteiger partial charge in [0.2, 0.25) is 0 Å². The highest BCUT2D eigenvalue weighted by molar-refractivity contribution is 4.77. The maximum absolute atomic E-state index is 3.97. The van der Waals surface area contributed by atoms with Crippen LogP contribution in [0.15, 0.2) is 0 Å². The first-order chi connectivity index (χ1) is 7.65. The number of likely N-dealkylation sites (tertiary alicyclic amines) is 1. The molecule has 0 saturated carbocycles. The molecule has 2 atom stereocenters. The second-order valence-corrected chi connectivity index (χ2v) is 5.15. The van der Waals surface area contributed by atoms with Crippen LogP contribution in [-0.2, 0) is 6.54 Å². The molecule has 90 valence electrons. The Balaban J connectivity index is 1.84. The number of hydrogen-bond donors (Lipinski definition) is 0. The number of nitrogens with zero attached hydrogens (tertiary/aromatic N) is 5. The lowest BCUT2D eigenvalue weighted by Crippen LogP contribution is -2.40. The first-order valence-electron chi connectivity index (χ1n) is 6.10. The van der Waals surface area contributed by atoms with Crippen molar-refractivity contribution in [3.63, 3.8) is 0 Å². The lowest BCUT2D eigenvalue weighted by molar-refractivity contribution is 0.135. The predicted octanol–water partition coefficient (Wildman–Crippen LogP) is 0.959. The summed E-state index contributed by atoms with van der Waals surface area (Å²) >= 11 is 0. The van der Waals surface area contributed by atoms with Crippen molar-refractivity contribution in [2.24, 2.45) is 11.8 Å². The minimum atomic E-state index is 0.818. The molecule has 0 radical (unpaired) electrons.